The highest BCUT2D eigenvalue weighted by molar-refractivity contribution is 9.10. The minimum Gasteiger partial charge on any atom is -0.486 e. The van der Waals surface area contributed by atoms with Crippen LogP contribution in [-0.2, 0) is 20.2 Å². The zero-order valence-electron chi connectivity index (χ0n) is 12.4. The summed E-state index contributed by atoms with van der Waals surface area (Å²) in [6.07, 6.45) is 0. The standard InChI is InChI=1S/C15H19BrClN3O/c1-4-18-8-11-5-6-14(12(17)7-11)21-9-13-15(16)10(2)19-20(13)3/h5-7,18H,4,8-9H2,1-3H3. The first kappa shape index (κ1) is 16.3. The maximum Gasteiger partial charge on any atom is 0.138 e. The molecular weight excluding hydrogens is 354 g/mol. The van der Waals surface area contributed by atoms with E-state index >= 15 is 0 Å². The zero-order chi connectivity index (χ0) is 15.4. The van der Waals surface area contributed by atoms with Gasteiger partial charge in [0.2, 0.25) is 0 Å². The molecule has 0 saturated carbocycles. The third-order valence-corrected chi connectivity index (χ3v) is 4.53. The van der Waals surface area contributed by atoms with E-state index in [9.17, 15) is 0 Å². The molecule has 1 heterocycles. The molecule has 1 aromatic carbocycles. The van der Waals surface area contributed by atoms with Crippen molar-refractivity contribution in [3.63, 3.8) is 0 Å². The lowest BCUT2D eigenvalue weighted by Gasteiger charge is -2.10. The molecule has 0 spiro atoms. The topological polar surface area (TPSA) is 39.1 Å². The molecule has 0 aliphatic carbocycles. The van der Waals surface area contributed by atoms with Crippen LogP contribution < -0.4 is 10.1 Å². The molecule has 0 bridgehead atoms. The third-order valence-electron chi connectivity index (χ3n) is 3.20. The van der Waals surface area contributed by atoms with Gasteiger partial charge in [-0.3, -0.25) is 4.68 Å². The summed E-state index contributed by atoms with van der Waals surface area (Å²) in [7, 11) is 1.90. The van der Waals surface area contributed by atoms with E-state index in [0.29, 0.717) is 17.4 Å². The number of aromatic nitrogens is 2. The molecule has 1 aromatic heterocycles. The number of rotatable bonds is 6. The number of ether oxygens (including phenoxy) is 1. The molecule has 114 valence electrons. The van der Waals surface area contributed by atoms with Crippen molar-refractivity contribution in [2.75, 3.05) is 6.54 Å². The van der Waals surface area contributed by atoms with Crippen LogP contribution in [-0.4, -0.2) is 16.3 Å². The zero-order valence-corrected chi connectivity index (χ0v) is 14.8. The normalized spacial score (nSPS) is 10.9. The van der Waals surface area contributed by atoms with Crippen molar-refractivity contribution >= 4 is 27.5 Å². The highest BCUT2D eigenvalue weighted by Crippen LogP contribution is 2.28. The van der Waals surface area contributed by atoms with Crippen LogP contribution in [0.25, 0.3) is 0 Å². The second kappa shape index (κ2) is 7.29. The third kappa shape index (κ3) is 3.99. The minimum absolute atomic E-state index is 0.421. The average Bonchev–Trinajstić information content (AvgIpc) is 2.69. The highest BCUT2D eigenvalue weighted by atomic mass is 79.9. The van der Waals surface area contributed by atoms with Crippen molar-refractivity contribution < 1.29 is 4.74 Å². The summed E-state index contributed by atoms with van der Waals surface area (Å²) in [6.45, 7) is 6.19. The maximum absolute atomic E-state index is 6.27. The fourth-order valence-corrected chi connectivity index (χ4v) is 2.73. The van der Waals surface area contributed by atoms with Gasteiger partial charge in [-0.1, -0.05) is 24.6 Å². The summed E-state index contributed by atoms with van der Waals surface area (Å²) < 4.78 is 8.60. The Kier molecular flexibility index (Phi) is 5.67. The largest absolute Gasteiger partial charge is 0.486 e. The van der Waals surface area contributed by atoms with Gasteiger partial charge >= 0.3 is 0 Å². The molecule has 0 aliphatic rings. The van der Waals surface area contributed by atoms with Crippen molar-refractivity contribution in [2.24, 2.45) is 7.05 Å². The first-order valence-electron chi connectivity index (χ1n) is 6.82. The molecule has 0 aliphatic heterocycles. The Bertz CT molecular complexity index is 628. The second-order valence-electron chi connectivity index (χ2n) is 4.80. The van der Waals surface area contributed by atoms with Gasteiger partial charge in [0.25, 0.3) is 0 Å². The number of hydrogen-bond donors (Lipinski definition) is 1. The number of aryl methyl sites for hydroxylation is 2. The van der Waals surface area contributed by atoms with Crippen molar-refractivity contribution in [3.8, 4) is 5.75 Å². The Morgan fingerprint density at radius 1 is 1.43 bits per heavy atom. The van der Waals surface area contributed by atoms with Gasteiger partial charge in [0.15, 0.2) is 0 Å². The molecule has 0 saturated heterocycles. The van der Waals surface area contributed by atoms with Gasteiger partial charge in [0.1, 0.15) is 12.4 Å². The maximum atomic E-state index is 6.27. The average molecular weight is 373 g/mol. The first-order chi connectivity index (χ1) is 10.0. The number of hydrogen-bond acceptors (Lipinski definition) is 3. The fraction of sp³-hybridized carbons (Fsp3) is 0.400. The van der Waals surface area contributed by atoms with Gasteiger partial charge in [0, 0.05) is 13.6 Å². The molecule has 0 unspecified atom stereocenters. The van der Waals surface area contributed by atoms with Crippen LogP contribution in [0.3, 0.4) is 0 Å². The number of halogens is 2. The van der Waals surface area contributed by atoms with Crippen molar-refractivity contribution in [1.29, 1.82) is 0 Å². The summed E-state index contributed by atoms with van der Waals surface area (Å²) in [5.41, 5.74) is 3.08. The van der Waals surface area contributed by atoms with Gasteiger partial charge in [-0.05, 0) is 47.1 Å². The molecule has 0 radical (unpaired) electrons. The van der Waals surface area contributed by atoms with E-state index in [1.807, 2.05) is 36.9 Å². The van der Waals surface area contributed by atoms with E-state index in [4.69, 9.17) is 16.3 Å². The number of benzene rings is 1. The van der Waals surface area contributed by atoms with E-state index in [1.165, 1.54) is 0 Å². The van der Waals surface area contributed by atoms with Gasteiger partial charge in [-0.15, -0.1) is 0 Å². The summed E-state index contributed by atoms with van der Waals surface area (Å²) in [5.74, 6) is 0.683. The van der Waals surface area contributed by atoms with E-state index in [1.54, 1.807) is 0 Å². The van der Waals surface area contributed by atoms with Gasteiger partial charge in [-0.25, -0.2) is 0 Å². The SMILES string of the molecule is CCNCc1ccc(OCc2c(Br)c(C)nn2C)c(Cl)c1. The Balaban J connectivity index is 2.06. The molecule has 2 aromatic rings. The molecule has 21 heavy (non-hydrogen) atoms. The minimum atomic E-state index is 0.421. The lowest BCUT2D eigenvalue weighted by Crippen LogP contribution is -2.11. The van der Waals surface area contributed by atoms with Crippen LogP contribution in [0.2, 0.25) is 5.02 Å². The van der Waals surface area contributed by atoms with Crippen molar-refractivity contribution in [1.82, 2.24) is 15.1 Å². The summed E-state index contributed by atoms with van der Waals surface area (Å²) in [6, 6.07) is 5.86. The Labute approximate surface area is 138 Å². The van der Waals surface area contributed by atoms with Gasteiger partial charge in [0.05, 0.1) is 20.9 Å². The smallest absolute Gasteiger partial charge is 0.138 e. The number of nitrogens with zero attached hydrogens (tertiary/aromatic N) is 2. The molecule has 4 nitrogen and oxygen atoms in total. The van der Waals surface area contributed by atoms with Crippen LogP contribution >= 0.6 is 27.5 Å². The fourth-order valence-electron chi connectivity index (χ4n) is 2.02. The molecule has 0 fully saturated rings. The summed E-state index contributed by atoms with van der Waals surface area (Å²) in [4.78, 5) is 0. The molecule has 1 N–H and O–H groups in total. The highest BCUT2D eigenvalue weighted by Gasteiger charge is 2.12. The first-order valence-corrected chi connectivity index (χ1v) is 8.00. The molecule has 6 heteroatoms. The van der Waals surface area contributed by atoms with Crippen LogP contribution in [0.15, 0.2) is 22.7 Å². The van der Waals surface area contributed by atoms with Crippen LogP contribution in [0.1, 0.15) is 23.9 Å². The predicted molar refractivity (Wildman–Crippen MR) is 88.8 cm³/mol. The molecular formula is C15H19BrClN3O. The van der Waals surface area contributed by atoms with Gasteiger partial charge in [-0.2, -0.15) is 5.10 Å². The molecule has 2 rings (SSSR count). The van der Waals surface area contributed by atoms with Crippen molar-refractivity contribution in [2.45, 2.75) is 27.0 Å². The lowest BCUT2D eigenvalue weighted by atomic mass is 10.2. The summed E-state index contributed by atoms with van der Waals surface area (Å²) in [5, 5.41) is 8.24. The Hall–Kier alpha value is -1.04. The second-order valence-corrected chi connectivity index (χ2v) is 6.00. The number of nitrogens with one attached hydrogen (secondary N) is 1. The van der Waals surface area contributed by atoms with Crippen LogP contribution in [0.5, 0.6) is 5.75 Å². The van der Waals surface area contributed by atoms with E-state index in [2.05, 4.69) is 33.3 Å². The quantitative estimate of drug-likeness (QED) is 0.837. The van der Waals surface area contributed by atoms with E-state index in [0.717, 1.165) is 34.5 Å². The molecule has 0 amide bonds. The monoisotopic (exact) mass is 371 g/mol. The van der Waals surface area contributed by atoms with E-state index in [-0.39, 0.29) is 0 Å². The lowest BCUT2D eigenvalue weighted by molar-refractivity contribution is 0.294. The van der Waals surface area contributed by atoms with Crippen LogP contribution in [0, 0.1) is 6.92 Å². The van der Waals surface area contributed by atoms with Crippen molar-refractivity contribution in [3.05, 3.63) is 44.6 Å². The summed E-state index contributed by atoms with van der Waals surface area (Å²) >= 11 is 9.80. The van der Waals surface area contributed by atoms with Gasteiger partial charge < -0.3 is 10.1 Å². The molecule has 0 atom stereocenters. The Morgan fingerprint density at radius 2 is 2.19 bits per heavy atom. The Morgan fingerprint density at radius 3 is 2.76 bits per heavy atom. The van der Waals surface area contributed by atoms with E-state index < -0.39 is 0 Å². The van der Waals surface area contributed by atoms with Crippen LogP contribution in [0.4, 0.5) is 0 Å². The predicted octanol–water partition coefficient (Wildman–Crippen LogP) is 3.83.